The summed E-state index contributed by atoms with van der Waals surface area (Å²) < 4.78 is 0. The molecular weight excluding hydrogens is 258 g/mol. The Kier molecular flexibility index (Phi) is 3.17. The van der Waals surface area contributed by atoms with Crippen molar-refractivity contribution in [1.29, 1.82) is 0 Å². The van der Waals surface area contributed by atoms with Gasteiger partial charge in [0.05, 0.1) is 5.71 Å². The van der Waals surface area contributed by atoms with Crippen LogP contribution in [0.1, 0.15) is 78.1 Å². The van der Waals surface area contributed by atoms with Crippen molar-refractivity contribution in [3.05, 3.63) is 0 Å². The molecule has 118 valence electrons. The lowest BCUT2D eigenvalue weighted by molar-refractivity contribution is -0.0921. The van der Waals surface area contributed by atoms with Gasteiger partial charge in [0.2, 0.25) is 0 Å². The van der Waals surface area contributed by atoms with Crippen molar-refractivity contribution in [1.82, 2.24) is 0 Å². The number of rotatable bonds is 0. The second kappa shape index (κ2) is 4.73. The summed E-state index contributed by atoms with van der Waals surface area (Å²) in [5, 5.41) is 12.7. The maximum Gasteiger partial charge on any atom is 0.0574 e. The molecule has 0 aromatic rings. The second-order valence-corrected chi connectivity index (χ2v) is 9.11. The van der Waals surface area contributed by atoms with E-state index < -0.39 is 0 Å². The summed E-state index contributed by atoms with van der Waals surface area (Å²) in [7, 11) is 0. The fourth-order valence-electron chi connectivity index (χ4n) is 7.14. The minimum absolute atomic E-state index is 0.529. The van der Waals surface area contributed by atoms with Gasteiger partial charge in [-0.15, -0.1) is 0 Å². The minimum Gasteiger partial charge on any atom is -0.411 e. The van der Waals surface area contributed by atoms with Crippen molar-refractivity contribution in [2.45, 2.75) is 78.1 Å². The van der Waals surface area contributed by atoms with Gasteiger partial charge in [0.15, 0.2) is 0 Å². The lowest BCUT2D eigenvalue weighted by Gasteiger charge is -2.60. The summed E-state index contributed by atoms with van der Waals surface area (Å²) in [6.45, 7) is 5.17. The van der Waals surface area contributed by atoms with E-state index in [2.05, 4.69) is 19.0 Å². The molecule has 4 aliphatic carbocycles. The summed E-state index contributed by atoms with van der Waals surface area (Å²) >= 11 is 0. The highest BCUT2D eigenvalue weighted by Gasteiger charge is 2.57. The van der Waals surface area contributed by atoms with E-state index in [0.717, 1.165) is 42.2 Å². The van der Waals surface area contributed by atoms with Crippen LogP contribution >= 0.6 is 0 Å². The Morgan fingerprint density at radius 3 is 2.67 bits per heavy atom. The van der Waals surface area contributed by atoms with Crippen LogP contribution in [-0.2, 0) is 0 Å². The van der Waals surface area contributed by atoms with Crippen LogP contribution in [-0.4, -0.2) is 10.9 Å². The van der Waals surface area contributed by atoms with E-state index in [9.17, 15) is 0 Å². The molecule has 4 rings (SSSR count). The molecule has 4 aliphatic rings. The predicted octanol–water partition coefficient (Wildman–Crippen LogP) is 5.25. The van der Waals surface area contributed by atoms with Crippen molar-refractivity contribution in [2.24, 2.45) is 39.7 Å². The molecule has 0 spiro atoms. The van der Waals surface area contributed by atoms with Gasteiger partial charge < -0.3 is 5.21 Å². The molecule has 0 aromatic heterocycles. The Bertz CT molecular complexity index is 458. The summed E-state index contributed by atoms with van der Waals surface area (Å²) in [4.78, 5) is 0. The van der Waals surface area contributed by atoms with Gasteiger partial charge in [-0.2, -0.15) is 0 Å². The van der Waals surface area contributed by atoms with Crippen LogP contribution in [0.5, 0.6) is 0 Å². The molecule has 21 heavy (non-hydrogen) atoms. The Hall–Kier alpha value is -0.530. The molecule has 0 aliphatic heterocycles. The average Bonchev–Trinajstić information content (AvgIpc) is 2.88. The molecule has 0 radical (unpaired) electrons. The first kappa shape index (κ1) is 14.1. The molecule has 1 N–H and O–H groups in total. The van der Waals surface area contributed by atoms with Crippen LogP contribution in [0.25, 0.3) is 0 Å². The summed E-state index contributed by atoms with van der Waals surface area (Å²) in [5.41, 5.74) is 2.27. The Morgan fingerprint density at radius 1 is 1.00 bits per heavy atom. The van der Waals surface area contributed by atoms with E-state index in [4.69, 9.17) is 5.21 Å². The molecule has 0 amide bonds. The highest BCUT2D eigenvalue weighted by Crippen LogP contribution is 2.65. The maximum atomic E-state index is 9.14. The third-order valence-corrected chi connectivity index (χ3v) is 8.42. The van der Waals surface area contributed by atoms with Gasteiger partial charge in [0.25, 0.3) is 0 Å². The summed E-state index contributed by atoms with van der Waals surface area (Å²) in [5.74, 6) is 3.75. The standard InChI is InChI=1S/C19H31NO/c1-18-9-3-4-16(18)15-6-5-13-12-14(20-21)7-11-19(13,2)17(15)8-10-18/h13,15-17,21H,3-12H2,1-2H3/b20-14+/t13-,15-,16-,17-,18-,19-/m0/s1. The van der Waals surface area contributed by atoms with Gasteiger partial charge >= 0.3 is 0 Å². The average molecular weight is 289 g/mol. The van der Waals surface area contributed by atoms with E-state index in [1.807, 2.05) is 0 Å². The van der Waals surface area contributed by atoms with Crippen molar-refractivity contribution < 1.29 is 5.21 Å². The van der Waals surface area contributed by atoms with Crippen LogP contribution in [0, 0.1) is 34.5 Å². The van der Waals surface area contributed by atoms with E-state index in [1.165, 1.54) is 51.4 Å². The van der Waals surface area contributed by atoms with Crippen molar-refractivity contribution in [3.63, 3.8) is 0 Å². The fourth-order valence-corrected chi connectivity index (χ4v) is 7.14. The zero-order valence-electron chi connectivity index (χ0n) is 13.8. The molecule has 6 atom stereocenters. The van der Waals surface area contributed by atoms with Gasteiger partial charge in [0, 0.05) is 0 Å². The number of fused-ring (bicyclic) bond motifs is 5. The lowest BCUT2D eigenvalue weighted by Crippen LogP contribution is -2.52. The van der Waals surface area contributed by atoms with E-state index in [-0.39, 0.29) is 0 Å². The predicted molar refractivity (Wildman–Crippen MR) is 85.6 cm³/mol. The minimum atomic E-state index is 0.529. The number of hydrogen-bond donors (Lipinski definition) is 1. The van der Waals surface area contributed by atoms with E-state index in [1.54, 1.807) is 0 Å². The second-order valence-electron chi connectivity index (χ2n) is 9.11. The first-order valence-electron chi connectivity index (χ1n) is 9.27. The molecule has 0 unspecified atom stereocenters. The van der Waals surface area contributed by atoms with Gasteiger partial charge in [0.1, 0.15) is 0 Å². The highest BCUT2D eigenvalue weighted by atomic mass is 16.4. The van der Waals surface area contributed by atoms with E-state index >= 15 is 0 Å². The highest BCUT2D eigenvalue weighted by molar-refractivity contribution is 5.85. The zero-order valence-corrected chi connectivity index (χ0v) is 13.8. The largest absolute Gasteiger partial charge is 0.411 e. The fraction of sp³-hybridized carbons (Fsp3) is 0.947. The number of oxime groups is 1. The third-order valence-electron chi connectivity index (χ3n) is 8.42. The molecule has 0 heterocycles. The van der Waals surface area contributed by atoms with Gasteiger partial charge in [-0.25, -0.2) is 0 Å². The summed E-state index contributed by atoms with van der Waals surface area (Å²) in [6, 6.07) is 0. The first-order chi connectivity index (χ1) is 10.1. The van der Waals surface area contributed by atoms with Gasteiger partial charge in [-0.3, -0.25) is 0 Å². The van der Waals surface area contributed by atoms with Gasteiger partial charge in [-0.1, -0.05) is 25.4 Å². The van der Waals surface area contributed by atoms with Crippen LogP contribution in [0.15, 0.2) is 5.16 Å². The molecule has 0 bridgehead atoms. The van der Waals surface area contributed by atoms with Gasteiger partial charge in [-0.05, 0) is 92.3 Å². The van der Waals surface area contributed by atoms with Crippen molar-refractivity contribution in [2.75, 3.05) is 0 Å². The van der Waals surface area contributed by atoms with Crippen molar-refractivity contribution in [3.8, 4) is 0 Å². The molecule has 4 saturated carbocycles. The normalized spacial score (nSPS) is 54.9. The van der Waals surface area contributed by atoms with Crippen LogP contribution in [0.3, 0.4) is 0 Å². The zero-order chi connectivity index (χ0) is 14.7. The monoisotopic (exact) mass is 289 g/mol. The smallest absolute Gasteiger partial charge is 0.0574 e. The molecule has 0 aromatic carbocycles. The van der Waals surface area contributed by atoms with Crippen LogP contribution in [0.4, 0.5) is 0 Å². The maximum absolute atomic E-state index is 9.14. The van der Waals surface area contributed by atoms with Crippen molar-refractivity contribution >= 4 is 5.71 Å². The van der Waals surface area contributed by atoms with Crippen LogP contribution < -0.4 is 0 Å². The third kappa shape index (κ3) is 1.93. The number of nitrogens with zero attached hydrogens (tertiary/aromatic N) is 1. The Morgan fingerprint density at radius 2 is 1.86 bits per heavy atom. The lowest BCUT2D eigenvalue weighted by atomic mass is 9.45. The van der Waals surface area contributed by atoms with Crippen LogP contribution in [0.2, 0.25) is 0 Å². The molecule has 0 saturated heterocycles. The Labute approximate surface area is 129 Å². The van der Waals surface area contributed by atoms with E-state index in [0.29, 0.717) is 10.8 Å². The summed E-state index contributed by atoms with van der Waals surface area (Å²) in [6.07, 6.45) is 13.6. The molecular formula is C19H31NO. The topological polar surface area (TPSA) is 32.6 Å². The molecule has 2 heteroatoms. The molecule has 2 nitrogen and oxygen atoms in total. The Balaban J connectivity index is 1.61. The SMILES string of the molecule is C[C@@]12CCC[C@H]1[C@@H]1CC[C@H]3C/C(=N/O)CC[C@]3(C)[C@H]1CC2. The molecule has 4 fully saturated rings. The first-order valence-corrected chi connectivity index (χ1v) is 9.27. The quantitative estimate of drug-likeness (QED) is 0.479. The number of hydrogen-bond acceptors (Lipinski definition) is 2.